The van der Waals surface area contributed by atoms with Gasteiger partial charge in [-0.05, 0) is 19.4 Å². The van der Waals surface area contributed by atoms with Gasteiger partial charge in [0.25, 0.3) is 0 Å². The number of ether oxygens (including phenoxy) is 1. The van der Waals surface area contributed by atoms with E-state index in [1.54, 1.807) is 0 Å². The highest BCUT2D eigenvalue weighted by atomic mass is 16.5. The Kier molecular flexibility index (Phi) is 5.33. The van der Waals surface area contributed by atoms with Crippen LogP contribution in [0.5, 0.6) is 0 Å². The van der Waals surface area contributed by atoms with E-state index in [-0.39, 0.29) is 17.9 Å². The van der Waals surface area contributed by atoms with Crippen LogP contribution in [0.2, 0.25) is 0 Å². The molecule has 0 unspecified atom stereocenters. The number of carbonyl (C=O) groups is 1. The van der Waals surface area contributed by atoms with Gasteiger partial charge in [0.15, 0.2) is 0 Å². The Bertz CT molecular complexity index is 603. The number of nitrogens with one attached hydrogen (secondary N) is 1. The number of hydrogen-bond donors (Lipinski definition) is 1. The van der Waals surface area contributed by atoms with Crippen molar-refractivity contribution in [1.29, 1.82) is 0 Å². The molecule has 1 aromatic heterocycles. The minimum Gasteiger partial charge on any atom is -0.469 e. The van der Waals surface area contributed by atoms with Crippen molar-refractivity contribution in [2.75, 3.05) is 7.11 Å². The summed E-state index contributed by atoms with van der Waals surface area (Å²) in [6.07, 6.45) is 0. The summed E-state index contributed by atoms with van der Waals surface area (Å²) in [5.41, 5.74) is 2.94. The van der Waals surface area contributed by atoms with Gasteiger partial charge in [-0.3, -0.25) is 4.79 Å². The molecule has 0 radical (unpaired) electrons. The molecule has 1 N–H and O–H groups in total. The fourth-order valence-electron chi connectivity index (χ4n) is 2.53. The highest BCUT2D eigenvalue weighted by Gasteiger charge is 2.26. The third-order valence-electron chi connectivity index (χ3n) is 3.91. The molecule has 0 bridgehead atoms. The Morgan fingerprint density at radius 3 is 2.55 bits per heavy atom. The monoisotopic (exact) mass is 302 g/mol. The van der Waals surface area contributed by atoms with E-state index in [9.17, 15) is 4.79 Å². The molecular formula is C17H22N2O3. The first-order chi connectivity index (χ1) is 10.5. The van der Waals surface area contributed by atoms with E-state index >= 15 is 0 Å². The van der Waals surface area contributed by atoms with Crippen LogP contribution in [0, 0.1) is 19.8 Å². The number of benzene rings is 1. The van der Waals surface area contributed by atoms with Crippen molar-refractivity contribution in [3.8, 4) is 0 Å². The molecule has 1 heterocycles. The maximum absolute atomic E-state index is 11.9. The van der Waals surface area contributed by atoms with Crippen molar-refractivity contribution in [2.45, 2.75) is 33.4 Å². The number of methoxy groups -OCH3 is 1. The second-order valence-corrected chi connectivity index (χ2v) is 5.38. The number of rotatable bonds is 6. The molecule has 2 aromatic rings. The molecule has 0 aliphatic rings. The normalized spacial score (nSPS) is 13.6. The highest BCUT2D eigenvalue weighted by molar-refractivity contribution is 5.73. The summed E-state index contributed by atoms with van der Waals surface area (Å²) < 4.78 is 10.1. The minimum absolute atomic E-state index is 0.137. The molecule has 1 aromatic carbocycles. The quantitative estimate of drug-likeness (QED) is 0.831. The van der Waals surface area contributed by atoms with E-state index in [1.165, 1.54) is 7.11 Å². The summed E-state index contributed by atoms with van der Waals surface area (Å²) in [6.45, 7) is 6.25. The van der Waals surface area contributed by atoms with Crippen LogP contribution in [0.3, 0.4) is 0 Å². The lowest BCUT2D eigenvalue weighted by atomic mass is 9.94. The van der Waals surface area contributed by atoms with Crippen LogP contribution in [0.4, 0.5) is 0 Å². The molecule has 0 saturated heterocycles. The van der Waals surface area contributed by atoms with Crippen LogP contribution < -0.4 is 5.32 Å². The third kappa shape index (κ3) is 3.54. The number of aromatic nitrogens is 1. The van der Waals surface area contributed by atoms with E-state index in [4.69, 9.17) is 9.26 Å². The van der Waals surface area contributed by atoms with E-state index in [2.05, 4.69) is 10.5 Å². The molecule has 0 fully saturated rings. The molecule has 0 amide bonds. The average Bonchev–Trinajstić information content (AvgIpc) is 2.86. The van der Waals surface area contributed by atoms with Gasteiger partial charge in [0.1, 0.15) is 5.76 Å². The molecule has 0 aliphatic heterocycles. The molecule has 5 heteroatoms. The van der Waals surface area contributed by atoms with Crippen molar-refractivity contribution in [2.24, 2.45) is 5.92 Å². The lowest BCUT2D eigenvalue weighted by molar-refractivity contribution is -0.145. The molecule has 22 heavy (non-hydrogen) atoms. The number of hydrogen-bond acceptors (Lipinski definition) is 5. The van der Waals surface area contributed by atoms with Crippen molar-refractivity contribution < 1.29 is 14.1 Å². The van der Waals surface area contributed by atoms with Crippen LogP contribution in [0.1, 0.15) is 35.5 Å². The lowest BCUT2D eigenvalue weighted by Crippen LogP contribution is -2.32. The smallest absolute Gasteiger partial charge is 0.310 e. The average molecular weight is 302 g/mol. The van der Waals surface area contributed by atoms with Crippen molar-refractivity contribution >= 4 is 5.97 Å². The predicted molar refractivity (Wildman–Crippen MR) is 83.2 cm³/mol. The van der Waals surface area contributed by atoms with Crippen molar-refractivity contribution in [3.63, 3.8) is 0 Å². The van der Waals surface area contributed by atoms with Gasteiger partial charge in [-0.2, -0.15) is 0 Å². The second kappa shape index (κ2) is 7.22. The van der Waals surface area contributed by atoms with Gasteiger partial charge < -0.3 is 14.6 Å². The number of carbonyl (C=O) groups excluding carboxylic acids is 1. The number of esters is 1. The van der Waals surface area contributed by atoms with Crippen molar-refractivity contribution in [1.82, 2.24) is 10.5 Å². The fourth-order valence-corrected chi connectivity index (χ4v) is 2.53. The van der Waals surface area contributed by atoms with E-state index in [0.717, 1.165) is 22.6 Å². The first-order valence-electron chi connectivity index (χ1n) is 7.32. The largest absolute Gasteiger partial charge is 0.469 e. The minimum atomic E-state index is -0.298. The van der Waals surface area contributed by atoms with Crippen LogP contribution in [-0.4, -0.2) is 18.2 Å². The Balaban J connectivity index is 2.20. The van der Waals surface area contributed by atoms with Crippen molar-refractivity contribution in [3.05, 3.63) is 52.9 Å². The SMILES string of the molecule is COC(=O)[C@H](C)[C@H](NCc1c(C)noc1C)c1ccccc1. The zero-order valence-electron chi connectivity index (χ0n) is 13.4. The first kappa shape index (κ1) is 16.2. The van der Waals surface area contributed by atoms with Crippen LogP contribution in [0.25, 0.3) is 0 Å². The van der Waals surface area contributed by atoms with Gasteiger partial charge in [0, 0.05) is 18.2 Å². The summed E-state index contributed by atoms with van der Waals surface area (Å²) in [4.78, 5) is 11.9. The zero-order valence-corrected chi connectivity index (χ0v) is 13.4. The Labute approximate surface area is 130 Å². The standard InChI is InChI=1S/C17H22N2O3/c1-11(17(20)21-4)16(14-8-6-5-7-9-14)18-10-15-12(2)19-22-13(15)3/h5-9,11,16,18H,10H2,1-4H3/t11-,16+/m1/s1. The molecule has 2 rings (SSSR count). The molecule has 0 saturated carbocycles. The lowest BCUT2D eigenvalue weighted by Gasteiger charge is -2.24. The number of aryl methyl sites for hydroxylation is 2. The summed E-state index contributed by atoms with van der Waals surface area (Å²) in [5.74, 6) is 0.260. The second-order valence-electron chi connectivity index (χ2n) is 5.38. The van der Waals surface area contributed by atoms with Gasteiger partial charge >= 0.3 is 5.97 Å². The third-order valence-corrected chi connectivity index (χ3v) is 3.91. The van der Waals surface area contributed by atoms with E-state index in [0.29, 0.717) is 6.54 Å². The zero-order chi connectivity index (χ0) is 16.1. The van der Waals surface area contributed by atoms with Crippen LogP contribution in [-0.2, 0) is 16.1 Å². The van der Waals surface area contributed by atoms with Gasteiger partial charge in [-0.15, -0.1) is 0 Å². The molecule has 5 nitrogen and oxygen atoms in total. The Morgan fingerprint density at radius 1 is 1.32 bits per heavy atom. The summed E-state index contributed by atoms with van der Waals surface area (Å²) in [6, 6.07) is 9.75. The van der Waals surface area contributed by atoms with Gasteiger partial charge in [-0.25, -0.2) is 0 Å². The predicted octanol–water partition coefficient (Wildman–Crippen LogP) is 2.93. The summed E-state index contributed by atoms with van der Waals surface area (Å²) in [7, 11) is 1.41. The summed E-state index contributed by atoms with van der Waals surface area (Å²) in [5, 5.41) is 7.39. The maximum atomic E-state index is 11.9. The summed E-state index contributed by atoms with van der Waals surface area (Å²) >= 11 is 0. The molecule has 0 aliphatic carbocycles. The Morgan fingerprint density at radius 2 is 2.00 bits per heavy atom. The van der Waals surface area contributed by atoms with Crippen LogP contribution >= 0.6 is 0 Å². The molecule has 2 atom stereocenters. The first-order valence-corrected chi connectivity index (χ1v) is 7.32. The highest BCUT2D eigenvalue weighted by Crippen LogP contribution is 2.24. The Hall–Kier alpha value is -2.14. The maximum Gasteiger partial charge on any atom is 0.310 e. The molecule has 118 valence electrons. The van der Waals surface area contributed by atoms with Gasteiger partial charge in [0.05, 0.1) is 18.7 Å². The van der Waals surface area contributed by atoms with E-state index < -0.39 is 0 Å². The van der Waals surface area contributed by atoms with Gasteiger partial charge in [0.2, 0.25) is 0 Å². The van der Waals surface area contributed by atoms with Gasteiger partial charge in [-0.1, -0.05) is 42.4 Å². The van der Waals surface area contributed by atoms with Crippen LogP contribution in [0.15, 0.2) is 34.9 Å². The topological polar surface area (TPSA) is 64.4 Å². The number of nitrogens with zero attached hydrogens (tertiary/aromatic N) is 1. The molecular weight excluding hydrogens is 280 g/mol. The molecule has 0 spiro atoms. The fraction of sp³-hybridized carbons (Fsp3) is 0.412. The van der Waals surface area contributed by atoms with E-state index in [1.807, 2.05) is 51.1 Å².